The topological polar surface area (TPSA) is 46.3 Å². The van der Waals surface area contributed by atoms with E-state index in [0.29, 0.717) is 18.9 Å². The molecule has 1 fully saturated rings. The van der Waals surface area contributed by atoms with Gasteiger partial charge >= 0.3 is 0 Å². The second-order valence-corrected chi connectivity index (χ2v) is 5.16. The molecule has 3 nitrogen and oxygen atoms in total. The number of unbranched alkanes of at least 4 members (excludes halogenated alkanes) is 2. The van der Waals surface area contributed by atoms with Crippen molar-refractivity contribution in [2.24, 2.45) is 5.73 Å². The molecule has 0 radical (unpaired) electrons. The van der Waals surface area contributed by atoms with Crippen LogP contribution in [-0.4, -0.2) is 29.4 Å². The molecule has 0 aromatic heterocycles. The molecule has 0 bridgehead atoms. The van der Waals surface area contributed by atoms with E-state index in [4.69, 9.17) is 5.73 Å². The van der Waals surface area contributed by atoms with Crippen LogP contribution in [0.4, 0.5) is 0 Å². The fraction of sp³-hybridized carbons (Fsp3) is 0.923. The molecule has 0 spiro atoms. The summed E-state index contributed by atoms with van der Waals surface area (Å²) in [6.07, 6.45) is 7.43. The van der Waals surface area contributed by atoms with Crippen molar-refractivity contribution in [3.05, 3.63) is 0 Å². The Labute approximate surface area is 99.4 Å². The summed E-state index contributed by atoms with van der Waals surface area (Å²) >= 11 is 0. The summed E-state index contributed by atoms with van der Waals surface area (Å²) in [5.41, 5.74) is 5.74. The summed E-state index contributed by atoms with van der Waals surface area (Å²) < 4.78 is 0. The number of rotatable bonds is 5. The Hall–Kier alpha value is -0.570. The van der Waals surface area contributed by atoms with Crippen molar-refractivity contribution in [1.82, 2.24) is 4.90 Å². The number of hydrogen-bond acceptors (Lipinski definition) is 2. The van der Waals surface area contributed by atoms with Crippen LogP contribution in [0.15, 0.2) is 0 Å². The fourth-order valence-corrected chi connectivity index (χ4v) is 2.48. The molecular formula is C13H26N2O. The highest BCUT2D eigenvalue weighted by Gasteiger charge is 2.35. The van der Waals surface area contributed by atoms with E-state index in [-0.39, 0.29) is 5.54 Å². The van der Waals surface area contributed by atoms with E-state index in [1.807, 2.05) is 4.90 Å². The van der Waals surface area contributed by atoms with Crippen LogP contribution >= 0.6 is 0 Å². The van der Waals surface area contributed by atoms with Gasteiger partial charge in [-0.1, -0.05) is 19.8 Å². The number of hydrogen-bond donors (Lipinski definition) is 1. The van der Waals surface area contributed by atoms with E-state index < -0.39 is 0 Å². The summed E-state index contributed by atoms with van der Waals surface area (Å²) in [6, 6.07) is 0. The van der Waals surface area contributed by atoms with Gasteiger partial charge in [-0.15, -0.1) is 0 Å². The van der Waals surface area contributed by atoms with Crippen molar-refractivity contribution in [1.29, 1.82) is 0 Å². The second-order valence-electron chi connectivity index (χ2n) is 5.16. The standard InChI is InChI=1S/C13H26N2O/c1-3-4-5-8-12(16)15-10-7-6-9-13(15,2)11-14/h3-11,14H2,1-2H3. The lowest BCUT2D eigenvalue weighted by Crippen LogP contribution is -2.56. The average Bonchev–Trinajstić information content (AvgIpc) is 2.30. The molecule has 0 aliphatic carbocycles. The molecule has 0 saturated carbocycles. The van der Waals surface area contributed by atoms with Crippen LogP contribution in [0.5, 0.6) is 0 Å². The zero-order valence-corrected chi connectivity index (χ0v) is 10.8. The highest BCUT2D eigenvalue weighted by atomic mass is 16.2. The van der Waals surface area contributed by atoms with E-state index in [2.05, 4.69) is 13.8 Å². The summed E-state index contributed by atoms with van der Waals surface area (Å²) in [4.78, 5) is 14.2. The van der Waals surface area contributed by atoms with Crippen molar-refractivity contribution in [3.63, 3.8) is 0 Å². The van der Waals surface area contributed by atoms with Crippen LogP contribution in [-0.2, 0) is 4.79 Å². The molecule has 1 heterocycles. The molecular weight excluding hydrogens is 200 g/mol. The van der Waals surface area contributed by atoms with Crippen molar-refractivity contribution in [2.45, 2.75) is 64.3 Å². The number of nitrogens with zero attached hydrogens (tertiary/aromatic N) is 1. The van der Waals surface area contributed by atoms with Gasteiger partial charge in [0, 0.05) is 19.5 Å². The zero-order chi connectivity index (χ0) is 12.0. The van der Waals surface area contributed by atoms with Crippen LogP contribution in [0.1, 0.15) is 58.8 Å². The van der Waals surface area contributed by atoms with Gasteiger partial charge in [-0.3, -0.25) is 4.79 Å². The van der Waals surface area contributed by atoms with E-state index in [0.717, 1.165) is 32.2 Å². The minimum absolute atomic E-state index is 0.0818. The van der Waals surface area contributed by atoms with E-state index >= 15 is 0 Å². The molecule has 94 valence electrons. The lowest BCUT2D eigenvalue weighted by atomic mass is 9.88. The van der Waals surface area contributed by atoms with Crippen LogP contribution in [0, 0.1) is 0 Å². The third kappa shape index (κ3) is 3.21. The third-order valence-electron chi connectivity index (χ3n) is 3.73. The van der Waals surface area contributed by atoms with Crippen LogP contribution < -0.4 is 5.73 Å². The maximum absolute atomic E-state index is 12.1. The lowest BCUT2D eigenvalue weighted by molar-refractivity contribution is -0.139. The monoisotopic (exact) mass is 226 g/mol. The molecule has 16 heavy (non-hydrogen) atoms. The van der Waals surface area contributed by atoms with Gasteiger partial charge in [0.05, 0.1) is 5.54 Å². The highest BCUT2D eigenvalue weighted by Crippen LogP contribution is 2.27. The smallest absolute Gasteiger partial charge is 0.223 e. The van der Waals surface area contributed by atoms with Gasteiger partial charge in [0.15, 0.2) is 0 Å². The normalized spacial score (nSPS) is 25.8. The number of amides is 1. The molecule has 0 aromatic rings. The molecule has 0 aromatic carbocycles. The molecule has 3 heteroatoms. The minimum Gasteiger partial charge on any atom is -0.336 e. The molecule has 1 amide bonds. The lowest BCUT2D eigenvalue weighted by Gasteiger charge is -2.44. The quantitative estimate of drug-likeness (QED) is 0.731. The SMILES string of the molecule is CCCCCC(=O)N1CCCCC1(C)CN. The minimum atomic E-state index is -0.0818. The van der Waals surface area contributed by atoms with Crippen molar-refractivity contribution >= 4 is 5.91 Å². The van der Waals surface area contributed by atoms with Gasteiger partial charge in [-0.05, 0) is 32.6 Å². The first-order valence-electron chi connectivity index (χ1n) is 6.64. The zero-order valence-electron chi connectivity index (χ0n) is 10.8. The Kier molecular flexibility index (Phi) is 5.26. The predicted molar refractivity (Wildman–Crippen MR) is 67.2 cm³/mol. The van der Waals surface area contributed by atoms with Crippen LogP contribution in [0.2, 0.25) is 0 Å². The van der Waals surface area contributed by atoms with Gasteiger partial charge in [0.1, 0.15) is 0 Å². The molecule has 1 saturated heterocycles. The Bertz CT molecular complexity index is 230. The van der Waals surface area contributed by atoms with E-state index in [1.165, 1.54) is 12.8 Å². The van der Waals surface area contributed by atoms with Crippen LogP contribution in [0.25, 0.3) is 0 Å². The predicted octanol–water partition coefficient (Wildman–Crippen LogP) is 2.30. The largest absolute Gasteiger partial charge is 0.336 e. The van der Waals surface area contributed by atoms with Gasteiger partial charge in [0.25, 0.3) is 0 Å². The molecule has 1 aliphatic rings. The Morgan fingerprint density at radius 1 is 1.38 bits per heavy atom. The van der Waals surface area contributed by atoms with E-state index in [9.17, 15) is 4.79 Å². The van der Waals surface area contributed by atoms with Crippen molar-refractivity contribution in [2.75, 3.05) is 13.1 Å². The maximum Gasteiger partial charge on any atom is 0.223 e. The Balaban J connectivity index is 2.51. The summed E-state index contributed by atoms with van der Waals surface area (Å²) in [5, 5.41) is 0. The van der Waals surface area contributed by atoms with Crippen molar-refractivity contribution < 1.29 is 4.79 Å². The maximum atomic E-state index is 12.1. The fourth-order valence-electron chi connectivity index (χ4n) is 2.48. The van der Waals surface area contributed by atoms with Crippen LogP contribution in [0.3, 0.4) is 0 Å². The molecule has 1 rings (SSSR count). The number of likely N-dealkylation sites (tertiary alicyclic amines) is 1. The summed E-state index contributed by atoms with van der Waals surface area (Å²) in [7, 11) is 0. The highest BCUT2D eigenvalue weighted by molar-refractivity contribution is 5.77. The first-order chi connectivity index (χ1) is 7.64. The van der Waals surface area contributed by atoms with Gasteiger partial charge in [0.2, 0.25) is 5.91 Å². The first-order valence-corrected chi connectivity index (χ1v) is 6.64. The van der Waals surface area contributed by atoms with Gasteiger partial charge < -0.3 is 10.6 Å². The second kappa shape index (κ2) is 6.24. The first kappa shape index (κ1) is 13.5. The number of carbonyl (C=O) groups excluding carboxylic acids is 1. The third-order valence-corrected chi connectivity index (χ3v) is 3.73. The number of nitrogens with two attached hydrogens (primary N) is 1. The van der Waals surface area contributed by atoms with Gasteiger partial charge in [-0.2, -0.15) is 0 Å². The van der Waals surface area contributed by atoms with E-state index in [1.54, 1.807) is 0 Å². The Morgan fingerprint density at radius 2 is 2.12 bits per heavy atom. The Morgan fingerprint density at radius 3 is 2.75 bits per heavy atom. The summed E-state index contributed by atoms with van der Waals surface area (Å²) in [6.45, 7) is 5.78. The molecule has 1 atom stereocenters. The average molecular weight is 226 g/mol. The number of carbonyl (C=O) groups is 1. The molecule has 1 unspecified atom stereocenters. The van der Waals surface area contributed by atoms with Crippen molar-refractivity contribution in [3.8, 4) is 0 Å². The molecule has 2 N–H and O–H groups in total. The molecule has 1 aliphatic heterocycles. The summed E-state index contributed by atoms with van der Waals surface area (Å²) in [5.74, 6) is 0.307. The van der Waals surface area contributed by atoms with Gasteiger partial charge in [-0.25, -0.2) is 0 Å². The number of piperidine rings is 1.